The van der Waals surface area contributed by atoms with Crippen LogP contribution >= 0.6 is 0 Å². The molecule has 104 valence electrons. The Balaban J connectivity index is 1.99. The van der Waals surface area contributed by atoms with Crippen LogP contribution in [0.15, 0.2) is 23.5 Å². The number of hydrogen-bond donors (Lipinski definition) is 3. The Bertz CT molecular complexity index is 450. The number of nitrogens with two attached hydrogens (primary N) is 1. The van der Waals surface area contributed by atoms with Crippen molar-refractivity contribution in [1.29, 1.82) is 0 Å². The lowest BCUT2D eigenvalue weighted by Gasteiger charge is -2.28. The Labute approximate surface area is 112 Å². The highest BCUT2D eigenvalue weighted by Crippen LogP contribution is 2.14. The Kier molecular flexibility index (Phi) is 4.70. The molecular weight excluding hydrogens is 244 g/mol. The first-order valence-electron chi connectivity index (χ1n) is 6.47. The Morgan fingerprint density at radius 2 is 2.53 bits per heavy atom. The normalized spacial score (nSPS) is 24.4. The molecule has 0 saturated carbocycles. The molecule has 0 aromatic carbocycles. The topological polar surface area (TPSA) is 92.8 Å². The third-order valence-corrected chi connectivity index (χ3v) is 3.31. The summed E-state index contributed by atoms with van der Waals surface area (Å²) in [6, 6.07) is 4.21. The van der Waals surface area contributed by atoms with Gasteiger partial charge in [0, 0.05) is 25.4 Å². The molecule has 6 heteroatoms. The minimum absolute atomic E-state index is 0.0396. The molecule has 0 bridgehead atoms. The Hall–Kier alpha value is -1.66. The lowest BCUT2D eigenvalue weighted by atomic mass is 10.0. The van der Waals surface area contributed by atoms with E-state index in [-0.39, 0.29) is 5.84 Å². The summed E-state index contributed by atoms with van der Waals surface area (Å²) in [5.74, 6) is 0.0396. The predicted octanol–water partition coefficient (Wildman–Crippen LogP) is 0.833. The fraction of sp³-hybridized carbons (Fsp3) is 0.538. The van der Waals surface area contributed by atoms with E-state index in [0.29, 0.717) is 24.4 Å². The zero-order valence-corrected chi connectivity index (χ0v) is 11.0. The molecule has 1 fully saturated rings. The van der Waals surface area contributed by atoms with Crippen molar-refractivity contribution in [2.75, 3.05) is 6.61 Å². The average molecular weight is 264 g/mol. The van der Waals surface area contributed by atoms with Crippen molar-refractivity contribution >= 4 is 5.84 Å². The third kappa shape index (κ3) is 3.65. The van der Waals surface area contributed by atoms with Gasteiger partial charge in [-0.1, -0.05) is 11.2 Å². The van der Waals surface area contributed by atoms with Crippen LogP contribution in [0.4, 0.5) is 0 Å². The molecule has 1 saturated heterocycles. The van der Waals surface area contributed by atoms with E-state index in [1.165, 1.54) is 0 Å². The molecule has 1 aromatic rings. The second-order valence-electron chi connectivity index (χ2n) is 4.78. The summed E-state index contributed by atoms with van der Waals surface area (Å²) < 4.78 is 5.51. The summed E-state index contributed by atoms with van der Waals surface area (Å²) >= 11 is 0. The van der Waals surface area contributed by atoms with Gasteiger partial charge >= 0.3 is 0 Å². The fourth-order valence-electron chi connectivity index (χ4n) is 2.30. The van der Waals surface area contributed by atoms with Gasteiger partial charge in [0.2, 0.25) is 0 Å². The molecule has 1 aliphatic rings. The van der Waals surface area contributed by atoms with Crippen LogP contribution in [0.3, 0.4) is 0 Å². The van der Waals surface area contributed by atoms with E-state index in [2.05, 4.69) is 22.4 Å². The van der Waals surface area contributed by atoms with Crippen molar-refractivity contribution in [1.82, 2.24) is 10.3 Å². The van der Waals surface area contributed by atoms with Gasteiger partial charge in [-0.25, -0.2) is 0 Å². The molecule has 2 heterocycles. The largest absolute Gasteiger partial charge is 0.409 e. The minimum atomic E-state index is 0.0396. The van der Waals surface area contributed by atoms with Gasteiger partial charge in [0.25, 0.3) is 0 Å². The van der Waals surface area contributed by atoms with E-state index in [4.69, 9.17) is 15.7 Å². The quantitative estimate of drug-likeness (QED) is 0.324. The van der Waals surface area contributed by atoms with Crippen LogP contribution in [-0.2, 0) is 11.3 Å². The molecule has 19 heavy (non-hydrogen) atoms. The minimum Gasteiger partial charge on any atom is -0.409 e. The van der Waals surface area contributed by atoms with Gasteiger partial charge in [-0.3, -0.25) is 4.98 Å². The molecule has 0 spiro atoms. The van der Waals surface area contributed by atoms with E-state index in [0.717, 1.165) is 25.0 Å². The molecule has 0 amide bonds. The van der Waals surface area contributed by atoms with Crippen LogP contribution in [0, 0.1) is 0 Å². The summed E-state index contributed by atoms with van der Waals surface area (Å²) in [5.41, 5.74) is 7.07. The summed E-state index contributed by atoms with van der Waals surface area (Å²) in [6.07, 6.45) is 3.93. The molecule has 4 N–H and O–H groups in total. The smallest absolute Gasteiger partial charge is 0.189 e. The maximum absolute atomic E-state index is 8.75. The average Bonchev–Trinajstić information content (AvgIpc) is 2.45. The highest BCUT2D eigenvalue weighted by molar-refractivity contribution is 5.96. The van der Waals surface area contributed by atoms with Crippen LogP contribution < -0.4 is 11.1 Å². The molecule has 2 atom stereocenters. The standard InChI is InChI=1S/C13H20N4O2/c1-9-7-11(4-6-19-9)16-8-10-3-2-5-15-12(10)13(14)17-18/h2-3,5,9,11,16,18H,4,6-8H2,1H3,(H2,14,17). The van der Waals surface area contributed by atoms with Crippen LogP contribution in [-0.4, -0.2) is 34.8 Å². The van der Waals surface area contributed by atoms with Gasteiger partial charge in [0.1, 0.15) is 5.69 Å². The molecule has 2 rings (SSSR count). The van der Waals surface area contributed by atoms with Crippen molar-refractivity contribution < 1.29 is 9.94 Å². The second kappa shape index (κ2) is 6.49. The first-order valence-corrected chi connectivity index (χ1v) is 6.47. The molecule has 1 aliphatic heterocycles. The number of nitrogens with zero attached hydrogens (tertiary/aromatic N) is 2. The molecule has 0 aliphatic carbocycles. The first kappa shape index (κ1) is 13.8. The number of hydrogen-bond acceptors (Lipinski definition) is 5. The van der Waals surface area contributed by atoms with Crippen molar-refractivity contribution in [2.45, 2.75) is 38.5 Å². The monoisotopic (exact) mass is 264 g/mol. The van der Waals surface area contributed by atoms with E-state index < -0.39 is 0 Å². The maximum atomic E-state index is 8.75. The zero-order valence-electron chi connectivity index (χ0n) is 11.0. The Morgan fingerprint density at radius 1 is 1.68 bits per heavy atom. The van der Waals surface area contributed by atoms with Gasteiger partial charge < -0.3 is 21.0 Å². The van der Waals surface area contributed by atoms with Crippen LogP contribution in [0.1, 0.15) is 31.0 Å². The van der Waals surface area contributed by atoms with Gasteiger partial charge in [0.15, 0.2) is 5.84 Å². The SMILES string of the molecule is CC1CC(NCc2cccnc2/C(N)=N/O)CCO1. The van der Waals surface area contributed by atoms with Crippen LogP contribution in [0.5, 0.6) is 0 Å². The molecule has 1 aromatic heterocycles. The van der Waals surface area contributed by atoms with Gasteiger partial charge in [0.05, 0.1) is 6.10 Å². The zero-order chi connectivity index (χ0) is 13.7. The van der Waals surface area contributed by atoms with Crippen molar-refractivity contribution in [3.8, 4) is 0 Å². The summed E-state index contributed by atoms with van der Waals surface area (Å²) in [7, 11) is 0. The second-order valence-corrected chi connectivity index (χ2v) is 4.78. The highest BCUT2D eigenvalue weighted by Gasteiger charge is 2.19. The van der Waals surface area contributed by atoms with E-state index >= 15 is 0 Å². The van der Waals surface area contributed by atoms with E-state index in [1.54, 1.807) is 6.20 Å². The van der Waals surface area contributed by atoms with Gasteiger partial charge in [-0.05, 0) is 31.4 Å². The predicted molar refractivity (Wildman–Crippen MR) is 72.0 cm³/mol. The molecule has 6 nitrogen and oxygen atoms in total. The van der Waals surface area contributed by atoms with E-state index in [9.17, 15) is 0 Å². The molecule has 0 radical (unpaired) electrons. The Morgan fingerprint density at radius 3 is 3.26 bits per heavy atom. The van der Waals surface area contributed by atoms with Crippen molar-refractivity contribution in [3.05, 3.63) is 29.6 Å². The van der Waals surface area contributed by atoms with Crippen LogP contribution in [0.25, 0.3) is 0 Å². The van der Waals surface area contributed by atoms with Crippen molar-refractivity contribution in [3.63, 3.8) is 0 Å². The number of aromatic nitrogens is 1. The maximum Gasteiger partial charge on any atom is 0.189 e. The number of nitrogens with one attached hydrogen (secondary N) is 1. The first-order chi connectivity index (χ1) is 9.20. The van der Waals surface area contributed by atoms with Crippen LogP contribution in [0.2, 0.25) is 0 Å². The third-order valence-electron chi connectivity index (χ3n) is 3.31. The highest BCUT2D eigenvalue weighted by atomic mass is 16.5. The van der Waals surface area contributed by atoms with Gasteiger partial charge in [-0.2, -0.15) is 0 Å². The lowest BCUT2D eigenvalue weighted by Crippen LogP contribution is -2.38. The number of oxime groups is 1. The van der Waals surface area contributed by atoms with Gasteiger partial charge in [-0.15, -0.1) is 0 Å². The van der Waals surface area contributed by atoms with E-state index in [1.807, 2.05) is 12.1 Å². The number of ether oxygens (including phenoxy) is 1. The summed E-state index contributed by atoms with van der Waals surface area (Å²) in [5, 5.41) is 15.2. The van der Waals surface area contributed by atoms with Crippen molar-refractivity contribution in [2.24, 2.45) is 10.9 Å². The summed E-state index contributed by atoms with van der Waals surface area (Å²) in [6.45, 7) is 3.52. The number of rotatable bonds is 4. The fourth-order valence-corrected chi connectivity index (χ4v) is 2.30. The molecular formula is C13H20N4O2. The number of amidine groups is 1. The molecule has 2 unspecified atom stereocenters. The lowest BCUT2D eigenvalue weighted by molar-refractivity contribution is 0.0130. The summed E-state index contributed by atoms with van der Waals surface area (Å²) in [4.78, 5) is 4.15. The number of pyridine rings is 1.